The molecule has 0 aromatic heterocycles. The van der Waals surface area contributed by atoms with Gasteiger partial charge >= 0.3 is 0 Å². The summed E-state index contributed by atoms with van der Waals surface area (Å²) >= 11 is 0. The average molecular weight is 307 g/mol. The molecule has 0 spiro atoms. The van der Waals surface area contributed by atoms with Gasteiger partial charge in [0, 0.05) is 21.3 Å². The van der Waals surface area contributed by atoms with Gasteiger partial charge in [0.15, 0.2) is 8.32 Å². The predicted molar refractivity (Wildman–Crippen MR) is 88.1 cm³/mol. The van der Waals surface area contributed by atoms with Gasteiger partial charge in [-0.1, -0.05) is 32.1 Å². The maximum absolute atomic E-state index is 9.66. The van der Waals surface area contributed by atoms with Crippen LogP contribution in [0.25, 0.3) is 0 Å². The van der Waals surface area contributed by atoms with Crippen LogP contribution in [0.5, 0.6) is 0 Å². The van der Waals surface area contributed by atoms with Crippen molar-refractivity contribution in [2.75, 3.05) is 26.4 Å². The van der Waals surface area contributed by atoms with Gasteiger partial charge in [0.25, 0.3) is 0 Å². The summed E-state index contributed by atoms with van der Waals surface area (Å²) in [7, 11) is -2.73. The van der Waals surface area contributed by atoms with Crippen molar-refractivity contribution in [2.45, 2.75) is 64.1 Å². The van der Waals surface area contributed by atoms with Crippen molar-refractivity contribution in [2.24, 2.45) is 0 Å². The lowest BCUT2D eigenvalue weighted by Gasteiger charge is -2.15. The topological polar surface area (TPSA) is 38.7 Å². The maximum Gasteiger partial charge on any atom is 0.182 e. The molecule has 0 heterocycles. The molecule has 0 atom stereocenters. The molecule has 0 aliphatic rings. The van der Waals surface area contributed by atoms with Gasteiger partial charge in [-0.2, -0.15) is 0 Å². The van der Waals surface area contributed by atoms with E-state index in [1.54, 1.807) is 0 Å². The summed E-state index contributed by atoms with van der Waals surface area (Å²) in [4.78, 5) is 9.66. The Labute approximate surface area is 121 Å². The molecule has 0 rings (SSSR count). The lowest BCUT2D eigenvalue weighted by Crippen LogP contribution is -2.24. The van der Waals surface area contributed by atoms with Gasteiger partial charge in [0.2, 0.25) is 0 Å². The second kappa shape index (κ2) is 10.1. The van der Waals surface area contributed by atoms with E-state index in [4.69, 9.17) is 9.47 Å². The second-order valence-corrected chi connectivity index (χ2v) is 16.9. The predicted octanol–water partition coefficient (Wildman–Crippen LogP) is 3.73. The van der Waals surface area contributed by atoms with Crippen molar-refractivity contribution in [3.8, 4) is 0 Å². The average Bonchev–Trinajstić information content (AvgIpc) is 2.22. The molecule has 116 valence electrons. The minimum atomic E-state index is -1.87. The zero-order valence-electron chi connectivity index (χ0n) is 13.6. The molecule has 5 heteroatoms. The van der Waals surface area contributed by atoms with Crippen LogP contribution in [0.2, 0.25) is 44.8 Å². The number of hydrogen-bond donors (Lipinski definition) is 1. The molecule has 1 N–H and O–H groups in total. The van der Waals surface area contributed by atoms with Crippen LogP contribution in [0, 0.1) is 0 Å². The first kappa shape index (κ1) is 19.3. The summed E-state index contributed by atoms with van der Waals surface area (Å²) < 4.78 is 11.0. The minimum Gasteiger partial charge on any atom is -0.432 e. The van der Waals surface area contributed by atoms with Crippen molar-refractivity contribution < 1.29 is 14.3 Å². The molecule has 0 fully saturated rings. The van der Waals surface area contributed by atoms with Gasteiger partial charge in [-0.15, -0.1) is 0 Å². The molecule has 0 aromatic rings. The highest BCUT2D eigenvalue weighted by atomic mass is 28.4. The lowest BCUT2D eigenvalue weighted by atomic mass is 10.4. The Bertz CT molecular complexity index is 188. The van der Waals surface area contributed by atoms with Gasteiger partial charge in [-0.3, -0.25) is 0 Å². The summed E-state index contributed by atoms with van der Waals surface area (Å²) in [5, 5.41) is 0. The molecule has 0 bridgehead atoms. The summed E-state index contributed by atoms with van der Waals surface area (Å²) in [5.74, 6) is 0. The fourth-order valence-corrected chi connectivity index (χ4v) is 4.11. The molecule has 0 unspecified atom stereocenters. The van der Waals surface area contributed by atoms with E-state index in [0.717, 1.165) is 25.7 Å². The van der Waals surface area contributed by atoms with Crippen LogP contribution < -0.4 is 0 Å². The third-order valence-corrected chi connectivity index (χ3v) is 6.35. The van der Waals surface area contributed by atoms with E-state index in [2.05, 4.69) is 19.6 Å². The monoisotopic (exact) mass is 306 g/mol. The maximum atomic E-state index is 9.66. The summed E-state index contributed by atoms with van der Waals surface area (Å²) in [5.41, 5.74) is 0. The van der Waals surface area contributed by atoms with Crippen LogP contribution in [0.3, 0.4) is 0 Å². The van der Waals surface area contributed by atoms with E-state index in [0.29, 0.717) is 13.2 Å². The zero-order chi connectivity index (χ0) is 14.8. The molecule has 0 amide bonds. The number of rotatable bonds is 12. The summed E-state index contributed by atoms with van der Waals surface area (Å²) in [6, 6.07) is 2.32. The van der Waals surface area contributed by atoms with E-state index in [9.17, 15) is 4.80 Å². The SMILES string of the molecule is C[Si](C)(C)CCCCOCCOCCC[Si](C)(C)O. The number of unbranched alkanes of at least 4 members (excludes halogenated alkanes) is 1. The van der Waals surface area contributed by atoms with E-state index in [1.807, 2.05) is 13.1 Å². The smallest absolute Gasteiger partial charge is 0.182 e. The number of hydrogen-bond acceptors (Lipinski definition) is 3. The number of ether oxygens (including phenoxy) is 2. The highest BCUT2D eigenvalue weighted by Gasteiger charge is 2.15. The molecule has 0 aromatic carbocycles. The molecule has 3 nitrogen and oxygen atoms in total. The zero-order valence-corrected chi connectivity index (χ0v) is 15.6. The fraction of sp³-hybridized carbons (Fsp3) is 1.00. The second-order valence-electron chi connectivity index (χ2n) is 7.16. The van der Waals surface area contributed by atoms with E-state index in [1.165, 1.54) is 18.9 Å². The van der Waals surface area contributed by atoms with Crippen molar-refractivity contribution in [3.05, 3.63) is 0 Å². The van der Waals surface area contributed by atoms with Crippen molar-refractivity contribution in [1.82, 2.24) is 0 Å². The summed E-state index contributed by atoms with van der Waals surface area (Å²) in [6.45, 7) is 14.2. The van der Waals surface area contributed by atoms with Gasteiger partial charge < -0.3 is 14.3 Å². The van der Waals surface area contributed by atoms with Gasteiger partial charge in [-0.05, 0) is 32.0 Å². The van der Waals surface area contributed by atoms with Crippen LogP contribution >= 0.6 is 0 Å². The van der Waals surface area contributed by atoms with E-state index in [-0.39, 0.29) is 0 Å². The first-order valence-electron chi connectivity index (χ1n) is 7.59. The molecule has 0 radical (unpaired) electrons. The Kier molecular flexibility index (Phi) is 10.3. The first-order valence-corrected chi connectivity index (χ1v) is 14.4. The lowest BCUT2D eigenvalue weighted by molar-refractivity contribution is 0.0467. The molecular formula is C14H34O3Si2. The normalized spacial score (nSPS) is 12.9. The van der Waals surface area contributed by atoms with Crippen LogP contribution in [0.1, 0.15) is 19.3 Å². The van der Waals surface area contributed by atoms with Crippen molar-refractivity contribution >= 4 is 16.4 Å². The Hall–Kier alpha value is 0.314. The van der Waals surface area contributed by atoms with Crippen LogP contribution in [-0.2, 0) is 9.47 Å². The quantitative estimate of drug-likeness (QED) is 0.441. The molecule has 19 heavy (non-hydrogen) atoms. The molecule has 0 aliphatic carbocycles. The van der Waals surface area contributed by atoms with E-state index < -0.39 is 16.4 Å². The largest absolute Gasteiger partial charge is 0.432 e. The standard InChI is InChI=1S/C14H34O3Si2/c1-18(2,3)13-7-6-9-16-11-12-17-10-8-14-19(4,5)15/h15H,6-14H2,1-5H3. The molecule has 0 saturated carbocycles. The van der Waals surface area contributed by atoms with Crippen molar-refractivity contribution in [1.29, 1.82) is 0 Å². The minimum absolute atomic E-state index is 0.682. The molecular weight excluding hydrogens is 272 g/mol. The highest BCUT2D eigenvalue weighted by molar-refractivity contribution is 6.76. The Morgan fingerprint density at radius 1 is 0.684 bits per heavy atom. The van der Waals surface area contributed by atoms with Gasteiger partial charge in [0.1, 0.15) is 0 Å². The molecule has 0 aliphatic heterocycles. The van der Waals surface area contributed by atoms with Crippen LogP contribution in [0.15, 0.2) is 0 Å². The van der Waals surface area contributed by atoms with Crippen molar-refractivity contribution in [3.63, 3.8) is 0 Å². The van der Waals surface area contributed by atoms with Gasteiger partial charge in [-0.25, -0.2) is 0 Å². The Balaban J connectivity index is 3.12. The fourth-order valence-electron chi connectivity index (χ4n) is 1.79. The van der Waals surface area contributed by atoms with Gasteiger partial charge in [0.05, 0.1) is 13.2 Å². The third kappa shape index (κ3) is 18.3. The summed E-state index contributed by atoms with van der Waals surface area (Å²) in [6.07, 6.45) is 3.44. The Morgan fingerprint density at radius 2 is 1.21 bits per heavy atom. The molecule has 0 saturated heterocycles. The third-order valence-electron chi connectivity index (χ3n) is 2.91. The van der Waals surface area contributed by atoms with Crippen LogP contribution in [-0.4, -0.2) is 47.6 Å². The first-order chi connectivity index (χ1) is 8.71. The Morgan fingerprint density at radius 3 is 1.68 bits per heavy atom. The van der Waals surface area contributed by atoms with E-state index >= 15 is 0 Å². The van der Waals surface area contributed by atoms with Crippen LogP contribution in [0.4, 0.5) is 0 Å². The highest BCUT2D eigenvalue weighted by Crippen LogP contribution is 2.12.